The number of halogens is 3. The minimum absolute atomic E-state index is 0.00422. The predicted molar refractivity (Wildman–Crippen MR) is 76.7 cm³/mol. The molecule has 0 saturated heterocycles. The number of thioether (sulfide) groups is 1. The number of aromatic nitrogens is 3. The second-order valence-electron chi connectivity index (χ2n) is 4.04. The van der Waals surface area contributed by atoms with Crippen molar-refractivity contribution in [1.29, 1.82) is 0 Å². The SMILES string of the molecule is Nc1ncnc(SCC(=O)Nc2ccc(OC(F)(F)F)cc2)n1. The normalized spacial score (nSPS) is 11.1. The van der Waals surface area contributed by atoms with Crippen LogP contribution in [0.3, 0.4) is 0 Å². The Hall–Kier alpha value is -2.56. The van der Waals surface area contributed by atoms with Gasteiger partial charge in [-0.2, -0.15) is 4.98 Å². The van der Waals surface area contributed by atoms with Gasteiger partial charge in [0.05, 0.1) is 5.75 Å². The Labute approximate surface area is 132 Å². The molecular formula is C12H10F3N5O2S. The monoisotopic (exact) mass is 345 g/mol. The van der Waals surface area contributed by atoms with Crippen LogP contribution in [0.2, 0.25) is 0 Å². The van der Waals surface area contributed by atoms with Crippen LogP contribution in [0, 0.1) is 0 Å². The summed E-state index contributed by atoms with van der Waals surface area (Å²) < 4.78 is 39.8. The van der Waals surface area contributed by atoms with E-state index in [1.165, 1.54) is 18.5 Å². The molecule has 0 radical (unpaired) electrons. The van der Waals surface area contributed by atoms with Gasteiger partial charge in [0.15, 0.2) is 5.16 Å². The molecule has 2 aromatic rings. The van der Waals surface area contributed by atoms with Crippen LogP contribution in [-0.4, -0.2) is 33.0 Å². The van der Waals surface area contributed by atoms with E-state index < -0.39 is 6.36 Å². The van der Waals surface area contributed by atoms with Gasteiger partial charge < -0.3 is 15.8 Å². The Kier molecular flexibility index (Phi) is 5.21. The molecule has 23 heavy (non-hydrogen) atoms. The Morgan fingerprint density at radius 2 is 1.96 bits per heavy atom. The first kappa shape index (κ1) is 16.8. The first-order chi connectivity index (χ1) is 10.8. The quantitative estimate of drug-likeness (QED) is 0.800. The topological polar surface area (TPSA) is 103 Å². The lowest BCUT2D eigenvalue weighted by molar-refractivity contribution is -0.274. The second kappa shape index (κ2) is 7.13. The lowest BCUT2D eigenvalue weighted by Crippen LogP contribution is -2.17. The zero-order valence-corrected chi connectivity index (χ0v) is 12.2. The number of nitrogens with one attached hydrogen (secondary N) is 1. The Balaban J connectivity index is 1.85. The van der Waals surface area contributed by atoms with Gasteiger partial charge in [0, 0.05) is 5.69 Å². The van der Waals surface area contributed by atoms with E-state index in [4.69, 9.17) is 5.73 Å². The smallest absolute Gasteiger partial charge is 0.406 e. The standard InChI is InChI=1S/C12H10F3N5O2S/c13-12(14,15)22-8-3-1-7(2-4-8)19-9(21)5-23-11-18-6-17-10(16)20-11/h1-4,6H,5H2,(H,19,21)(H2,16,17,18,20). The number of nitrogen functional groups attached to an aromatic ring is 1. The third kappa shape index (κ3) is 5.98. The van der Waals surface area contributed by atoms with Crippen molar-refractivity contribution in [3.05, 3.63) is 30.6 Å². The molecule has 3 N–H and O–H groups in total. The molecule has 1 amide bonds. The van der Waals surface area contributed by atoms with E-state index in [2.05, 4.69) is 25.0 Å². The van der Waals surface area contributed by atoms with Gasteiger partial charge in [0.2, 0.25) is 11.9 Å². The Morgan fingerprint density at radius 1 is 1.26 bits per heavy atom. The van der Waals surface area contributed by atoms with Crippen LogP contribution in [0.15, 0.2) is 35.7 Å². The highest BCUT2D eigenvalue weighted by Crippen LogP contribution is 2.24. The molecule has 1 heterocycles. The molecule has 1 aromatic heterocycles. The number of benzene rings is 1. The molecule has 0 bridgehead atoms. The lowest BCUT2D eigenvalue weighted by atomic mass is 10.3. The first-order valence-electron chi connectivity index (χ1n) is 6.05. The summed E-state index contributed by atoms with van der Waals surface area (Å²) in [5, 5.41) is 2.81. The van der Waals surface area contributed by atoms with Crippen LogP contribution >= 0.6 is 11.8 Å². The molecule has 11 heteroatoms. The molecular weight excluding hydrogens is 335 g/mol. The highest BCUT2D eigenvalue weighted by Gasteiger charge is 2.30. The second-order valence-corrected chi connectivity index (χ2v) is 4.98. The van der Waals surface area contributed by atoms with Gasteiger partial charge in [-0.1, -0.05) is 11.8 Å². The third-order valence-electron chi connectivity index (χ3n) is 2.27. The minimum Gasteiger partial charge on any atom is -0.406 e. The number of alkyl halides is 3. The molecule has 122 valence electrons. The van der Waals surface area contributed by atoms with E-state index in [0.29, 0.717) is 10.8 Å². The maximum atomic E-state index is 12.0. The van der Waals surface area contributed by atoms with Crippen molar-refractivity contribution >= 4 is 29.3 Å². The molecule has 0 aliphatic carbocycles. The Bertz CT molecular complexity index is 681. The van der Waals surface area contributed by atoms with E-state index in [9.17, 15) is 18.0 Å². The lowest BCUT2D eigenvalue weighted by Gasteiger charge is -2.09. The first-order valence-corrected chi connectivity index (χ1v) is 7.03. The van der Waals surface area contributed by atoms with Crippen molar-refractivity contribution < 1.29 is 22.7 Å². The summed E-state index contributed by atoms with van der Waals surface area (Å²) in [6.45, 7) is 0. The third-order valence-corrected chi connectivity index (χ3v) is 3.13. The van der Waals surface area contributed by atoms with Crippen molar-refractivity contribution in [3.8, 4) is 5.75 Å². The summed E-state index contributed by atoms with van der Waals surface area (Å²) in [5.74, 6) is -0.697. The molecule has 7 nitrogen and oxygen atoms in total. The number of carbonyl (C=O) groups is 1. The van der Waals surface area contributed by atoms with Crippen LogP contribution in [0.25, 0.3) is 0 Å². The summed E-state index contributed by atoms with van der Waals surface area (Å²) in [7, 11) is 0. The Morgan fingerprint density at radius 3 is 2.57 bits per heavy atom. The van der Waals surface area contributed by atoms with Gasteiger partial charge in [-0.25, -0.2) is 9.97 Å². The van der Waals surface area contributed by atoms with Crippen molar-refractivity contribution in [2.75, 3.05) is 16.8 Å². The van der Waals surface area contributed by atoms with Gasteiger partial charge in [-0.05, 0) is 24.3 Å². The molecule has 0 aliphatic heterocycles. The highest BCUT2D eigenvalue weighted by atomic mass is 32.2. The molecule has 2 rings (SSSR count). The summed E-state index contributed by atoms with van der Waals surface area (Å²) in [4.78, 5) is 23.0. The number of rotatable bonds is 5. The highest BCUT2D eigenvalue weighted by molar-refractivity contribution is 7.99. The van der Waals surface area contributed by atoms with Crippen molar-refractivity contribution in [1.82, 2.24) is 15.0 Å². The summed E-state index contributed by atoms with van der Waals surface area (Å²) in [5.41, 5.74) is 5.71. The number of hydrogen-bond acceptors (Lipinski definition) is 7. The van der Waals surface area contributed by atoms with E-state index in [-0.39, 0.29) is 23.4 Å². The number of carbonyl (C=O) groups excluding carboxylic acids is 1. The number of nitrogens with two attached hydrogens (primary N) is 1. The van der Waals surface area contributed by atoms with E-state index in [1.807, 2.05) is 0 Å². The van der Waals surface area contributed by atoms with E-state index in [0.717, 1.165) is 23.9 Å². The number of hydrogen-bond donors (Lipinski definition) is 2. The van der Waals surface area contributed by atoms with Crippen LogP contribution in [0.4, 0.5) is 24.8 Å². The maximum Gasteiger partial charge on any atom is 0.573 e. The fourth-order valence-corrected chi connectivity index (χ4v) is 2.04. The average Bonchev–Trinajstić information content (AvgIpc) is 2.46. The molecule has 1 aromatic carbocycles. The number of amides is 1. The van der Waals surface area contributed by atoms with Gasteiger partial charge >= 0.3 is 6.36 Å². The van der Waals surface area contributed by atoms with Crippen LogP contribution < -0.4 is 15.8 Å². The molecule has 0 fully saturated rings. The molecule has 0 spiro atoms. The zero-order valence-electron chi connectivity index (χ0n) is 11.4. The van der Waals surface area contributed by atoms with Crippen LogP contribution in [0.1, 0.15) is 0 Å². The molecule has 0 atom stereocenters. The van der Waals surface area contributed by atoms with Crippen LogP contribution in [-0.2, 0) is 4.79 Å². The van der Waals surface area contributed by atoms with Gasteiger partial charge in [-0.3, -0.25) is 4.79 Å². The van der Waals surface area contributed by atoms with Gasteiger partial charge in [-0.15, -0.1) is 13.2 Å². The van der Waals surface area contributed by atoms with Crippen molar-refractivity contribution in [3.63, 3.8) is 0 Å². The zero-order chi connectivity index (χ0) is 16.9. The summed E-state index contributed by atoms with van der Waals surface area (Å²) in [6.07, 6.45) is -3.53. The van der Waals surface area contributed by atoms with Gasteiger partial charge in [0.1, 0.15) is 12.1 Å². The summed E-state index contributed by atoms with van der Waals surface area (Å²) in [6, 6.07) is 4.79. The average molecular weight is 345 g/mol. The fraction of sp³-hybridized carbons (Fsp3) is 0.167. The van der Waals surface area contributed by atoms with Crippen molar-refractivity contribution in [2.24, 2.45) is 0 Å². The van der Waals surface area contributed by atoms with E-state index in [1.54, 1.807) is 0 Å². The fourth-order valence-electron chi connectivity index (χ4n) is 1.43. The largest absolute Gasteiger partial charge is 0.573 e. The number of nitrogens with zero attached hydrogens (tertiary/aromatic N) is 3. The predicted octanol–water partition coefficient (Wildman–Crippen LogP) is 2.08. The van der Waals surface area contributed by atoms with Gasteiger partial charge in [0.25, 0.3) is 0 Å². The number of anilines is 2. The number of ether oxygens (including phenoxy) is 1. The van der Waals surface area contributed by atoms with Crippen molar-refractivity contribution in [2.45, 2.75) is 11.5 Å². The molecule has 0 saturated carbocycles. The molecule has 0 unspecified atom stereocenters. The minimum atomic E-state index is -4.76. The van der Waals surface area contributed by atoms with E-state index >= 15 is 0 Å². The van der Waals surface area contributed by atoms with Crippen LogP contribution in [0.5, 0.6) is 5.75 Å². The molecule has 0 aliphatic rings. The maximum absolute atomic E-state index is 12.0. The summed E-state index contributed by atoms with van der Waals surface area (Å²) >= 11 is 1.05.